The van der Waals surface area contributed by atoms with Crippen molar-refractivity contribution in [2.45, 2.75) is 78.1 Å². The summed E-state index contributed by atoms with van der Waals surface area (Å²) in [5, 5.41) is 3.08. The number of aliphatic imine (C=N–C) groups is 1. The van der Waals surface area contributed by atoms with E-state index in [4.69, 9.17) is 0 Å². The number of rotatable bonds is 7. The zero-order chi connectivity index (χ0) is 19.1. The van der Waals surface area contributed by atoms with Gasteiger partial charge in [0.25, 0.3) is 0 Å². The van der Waals surface area contributed by atoms with E-state index in [1.54, 1.807) is 12.3 Å². The Labute approximate surface area is 163 Å². The molecule has 27 heavy (non-hydrogen) atoms. The second kappa shape index (κ2) is 7.18. The average molecular weight is 371 g/mol. The minimum atomic E-state index is -1.09. The molecule has 1 heterocycles. The molecule has 4 heteroatoms. The maximum atomic E-state index is 13.3. The van der Waals surface area contributed by atoms with Gasteiger partial charge in [-0.3, -0.25) is 14.6 Å². The van der Waals surface area contributed by atoms with Gasteiger partial charge in [0.15, 0.2) is 5.78 Å². The van der Waals surface area contributed by atoms with Gasteiger partial charge >= 0.3 is 0 Å². The number of hydrogen-bond acceptors (Lipinski definition) is 3. The van der Waals surface area contributed by atoms with E-state index in [2.05, 4.69) is 17.2 Å². The number of ketones is 1. The lowest BCUT2D eigenvalue weighted by Crippen LogP contribution is -2.55. The van der Waals surface area contributed by atoms with Crippen LogP contribution in [0.2, 0.25) is 0 Å². The lowest BCUT2D eigenvalue weighted by Gasteiger charge is -2.58. The summed E-state index contributed by atoms with van der Waals surface area (Å²) in [6.07, 6.45) is 14.9. The third-order valence-corrected chi connectivity index (χ3v) is 7.56. The molecule has 4 bridgehead atoms. The SMILES string of the molecule is CCCCCNC(=O)C1(CC23CC4CC(CC(C4)C2)C3)C=NC(C)=CC1=O. The highest BCUT2D eigenvalue weighted by molar-refractivity contribution is 6.23. The minimum absolute atomic E-state index is 0.0567. The van der Waals surface area contributed by atoms with Gasteiger partial charge in [-0.05, 0) is 81.5 Å². The lowest BCUT2D eigenvalue weighted by molar-refractivity contribution is -0.141. The summed E-state index contributed by atoms with van der Waals surface area (Å²) in [4.78, 5) is 30.9. The summed E-state index contributed by atoms with van der Waals surface area (Å²) < 4.78 is 0. The minimum Gasteiger partial charge on any atom is -0.355 e. The van der Waals surface area contributed by atoms with Gasteiger partial charge in [-0.25, -0.2) is 0 Å². The fourth-order valence-corrected chi connectivity index (χ4v) is 6.85. The largest absolute Gasteiger partial charge is 0.355 e. The second-order valence-electron chi connectivity index (χ2n) is 9.94. The molecule has 1 aliphatic heterocycles. The van der Waals surface area contributed by atoms with Crippen LogP contribution in [0.4, 0.5) is 0 Å². The van der Waals surface area contributed by atoms with Gasteiger partial charge in [0.1, 0.15) is 5.41 Å². The van der Waals surface area contributed by atoms with Crippen molar-refractivity contribution < 1.29 is 9.59 Å². The van der Waals surface area contributed by atoms with Gasteiger partial charge in [-0.1, -0.05) is 19.8 Å². The maximum absolute atomic E-state index is 13.3. The highest BCUT2D eigenvalue weighted by Crippen LogP contribution is 2.63. The summed E-state index contributed by atoms with van der Waals surface area (Å²) in [5.74, 6) is 2.27. The number of unbranched alkanes of at least 4 members (excludes halogenated alkanes) is 2. The average Bonchev–Trinajstić information content (AvgIpc) is 2.60. The van der Waals surface area contributed by atoms with Crippen LogP contribution in [-0.2, 0) is 9.59 Å². The van der Waals surface area contributed by atoms with Crippen molar-refractivity contribution in [3.8, 4) is 0 Å². The lowest BCUT2D eigenvalue weighted by atomic mass is 9.46. The molecule has 4 nitrogen and oxygen atoms in total. The van der Waals surface area contributed by atoms with E-state index in [0.29, 0.717) is 18.7 Å². The van der Waals surface area contributed by atoms with Gasteiger partial charge in [0.2, 0.25) is 5.91 Å². The third kappa shape index (κ3) is 3.52. The summed E-state index contributed by atoms with van der Waals surface area (Å²) in [6, 6.07) is 0. The number of nitrogens with zero attached hydrogens (tertiary/aromatic N) is 1. The summed E-state index contributed by atoms with van der Waals surface area (Å²) in [7, 11) is 0. The zero-order valence-corrected chi connectivity index (χ0v) is 16.9. The van der Waals surface area contributed by atoms with Gasteiger partial charge in [0, 0.05) is 24.5 Å². The van der Waals surface area contributed by atoms with E-state index in [1.807, 2.05) is 6.92 Å². The van der Waals surface area contributed by atoms with E-state index in [-0.39, 0.29) is 17.1 Å². The molecule has 4 fully saturated rings. The molecular formula is C23H34N2O2. The van der Waals surface area contributed by atoms with Crippen molar-refractivity contribution in [3.05, 3.63) is 11.8 Å². The third-order valence-electron chi connectivity index (χ3n) is 7.56. The summed E-state index contributed by atoms with van der Waals surface area (Å²) in [5.41, 5.74) is -0.215. The Hall–Kier alpha value is -1.45. The second-order valence-corrected chi connectivity index (χ2v) is 9.94. The molecule has 0 aromatic heterocycles. The van der Waals surface area contributed by atoms with Crippen LogP contribution in [0.3, 0.4) is 0 Å². The Morgan fingerprint density at radius 3 is 2.33 bits per heavy atom. The van der Waals surface area contributed by atoms with Gasteiger partial charge in [-0.2, -0.15) is 0 Å². The van der Waals surface area contributed by atoms with Crippen LogP contribution < -0.4 is 5.32 Å². The molecule has 5 rings (SSSR count). The van der Waals surface area contributed by atoms with Gasteiger partial charge < -0.3 is 5.32 Å². The van der Waals surface area contributed by atoms with E-state index in [1.165, 1.54) is 38.5 Å². The molecule has 1 atom stereocenters. The highest BCUT2D eigenvalue weighted by atomic mass is 16.2. The van der Waals surface area contributed by atoms with E-state index in [9.17, 15) is 9.59 Å². The van der Waals surface area contributed by atoms with E-state index in [0.717, 1.165) is 37.0 Å². The van der Waals surface area contributed by atoms with Crippen molar-refractivity contribution >= 4 is 17.9 Å². The zero-order valence-electron chi connectivity index (χ0n) is 16.9. The Morgan fingerprint density at radius 1 is 1.15 bits per heavy atom. The molecule has 0 saturated heterocycles. The van der Waals surface area contributed by atoms with Gasteiger partial charge in [0.05, 0.1) is 0 Å². The molecule has 0 radical (unpaired) electrons. The highest BCUT2D eigenvalue weighted by Gasteiger charge is 2.57. The molecule has 1 amide bonds. The number of hydrogen-bond donors (Lipinski definition) is 1. The predicted octanol–water partition coefficient (Wildman–Crippen LogP) is 4.44. The molecule has 4 saturated carbocycles. The monoisotopic (exact) mass is 370 g/mol. The molecule has 0 aromatic rings. The van der Waals surface area contributed by atoms with Crippen molar-refractivity contribution in [2.75, 3.05) is 6.54 Å². The van der Waals surface area contributed by atoms with Crippen molar-refractivity contribution in [3.63, 3.8) is 0 Å². The first kappa shape index (κ1) is 18.9. The number of carbonyl (C=O) groups is 2. The molecule has 1 unspecified atom stereocenters. The van der Waals surface area contributed by atoms with Crippen LogP contribution in [0.1, 0.15) is 78.1 Å². The fraction of sp³-hybridized carbons (Fsp3) is 0.783. The molecule has 148 valence electrons. The predicted molar refractivity (Wildman–Crippen MR) is 107 cm³/mol. The van der Waals surface area contributed by atoms with Gasteiger partial charge in [-0.15, -0.1) is 0 Å². The van der Waals surface area contributed by atoms with Crippen LogP contribution in [0.15, 0.2) is 16.8 Å². The summed E-state index contributed by atoms with van der Waals surface area (Å²) >= 11 is 0. The molecular weight excluding hydrogens is 336 g/mol. The number of nitrogens with one attached hydrogen (secondary N) is 1. The van der Waals surface area contributed by atoms with Crippen LogP contribution in [0.5, 0.6) is 0 Å². The molecule has 1 N–H and O–H groups in total. The summed E-state index contributed by atoms with van der Waals surface area (Å²) in [6.45, 7) is 4.64. The Morgan fingerprint density at radius 2 is 1.78 bits per heavy atom. The Kier molecular flexibility index (Phi) is 5.02. The van der Waals surface area contributed by atoms with E-state index >= 15 is 0 Å². The molecule has 4 aliphatic carbocycles. The molecule has 0 spiro atoms. The van der Waals surface area contributed by atoms with Crippen LogP contribution >= 0.6 is 0 Å². The number of amides is 1. The first-order valence-electron chi connectivity index (χ1n) is 11.0. The molecule has 0 aromatic carbocycles. The van der Waals surface area contributed by atoms with E-state index < -0.39 is 5.41 Å². The van der Waals surface area contributed by atoms with Crippen molar-refractivity contribution in [1.29, 1.82) is 0 Å². The normalized spacial score (nSPS) is 39.6. The number of carbonyl (C=O) groups excluding carboxylic acids is 2. The van der Waals surface area contributed by atoms with Crippen LogP contribution in [0, 0.1) is 28.6 Å². The van der Waals surface area contributed by atoms with Crippen LogP contribution in [-0.4, -0.2) is 24.4 Å². The topological polar surface area (TPSA) is 58.5 Å². The maximum Gasteiger partial charge on any atom is 0.239 e. The quantitative estimate of drug-likeness (QED) is 0.532. The first-order valence-corrected chi connectivity index (χ1v) is 11.0. The van der Waals surface area contributed by atoms with Crippen molar-refractivity contribution in [2.24, 2.45) is 33.6 Å². The van der Waals surface area contributed by atoms with Crippen molar-refractivity contribution in [1.82, 2.24) is 5.32 Å². The number of allylic oxidation sites excluding steroid dienone is 2. The Bertz CT molecular complexity index is 643. The molecule has 5 aliphatic rings. The van der Waals surface area contributed by atoms with Crippen LogP contribution in [0.25, 0.3) is 0 Å². The first-order chi connectivity index (χ1) is 12.9. The fourth-order valence-electron chi connectivity index (χ4n) is 6.85. The smallest absolute Gasteiger partial charge is 0.239 e. The standard InChI is InChI=1S/C23H34N2O2/c1-3-4-5-6-24-21(27)23(15-25-16(2)7-20(23)26)14-22-11-17-8-18(12-22)10-19(9-17)13-22/h7,15,17-19H,3-6,8-14H2,1-2H3,(H,24,27). The Balaban J connectivity index is 1.57.